The van der Waals surface area contributed by atoms with Crippen LogP contribution in [0.1, 0.15) is 22.5 Å². The molecule has 0 aliphatic rings. The average Bonchev–Trinajstić information content (AvgIpc) is 2.01. The molecule has 0 amide bonds. The molecule has 0 aliphatic carbocycles. The van der Waals surface area contributed by atoms with Gasteiger partial charge in [0.25, 0.3) is 0 Å². The van der Waals surface area contributed by atoms with Gasteiger partial charge in [-0.15, -0.1) is 0 Å². The van der Waals surface area contributed by atoms with Crippen molar-refractivity contribution in [2.24, 2.45) is 0 Å². The first-order valence-electron chi connectivity index (χ1n) is 4.62. The minimum absolute atomic E-state index is 1.26. The van der Waals surface area contributed by atoms with Gasteiger partial charge in [-0.2, -0.15) is 0 Å². The number of aromatic nitrogens is 1. The molecule has 1 rings (SSSR count). The first-order valence-corrected chi connectivity index (χ1v) is 4.62. The van der Waals surface area contributed by atoms with Crippen molar-refractivity contribution in [2.75, 3.05) is 19.0 Å². The summed E-state index contributed by atoms with van der Waals surface area (Å²) >= 11 is 0. The van der Waals surface area contributed by atoms with Crippen molar-refractivity contribution in [2.45, 2.75) is 27.7 Å². The van der Waals surface area contributed by atoms with Crippen LogP contribution in [0.4, 0.5) is 5.69 Å². The zero-order valence-corrected chi connectivity index (χ0v) is 9.45. The van der Waals surface area contributed by atoms with Gasteiger partial charge in [0.15, 0.2) is 11.4 Å². The van der Waals surface area contributed by atoms with Crippen molar-refractivity contribution in [3.63, 3.8) is 0 Å². The summed E-state index contributed by atoms with van der Waals surface area (Å²) in [5.74, 6) is 0. The summed E-state index contributed by atoms with van der Waals surface area (Å²) in [5.41, 5.74) is 6.54. The number of nitrogens with zero attached hydrogens (tertiary/aromatic N) is 1. The topological polar surface area (TPSA) is 17.4 Å². The van der Waals surface area contributed by atoms with Gasteiger partial charge in [0.05, 0.1) is 5.69 Å². The van der Waals surface area contributed by atoms with E-state index in [1.807, 2.05) is 0 Å². The summed E-state index contributed by atoms with van der Waals surface area (Å²) < 4.78 is 0. The summed E-state index contributed by atoms with van der Waals surface area (Å²) in [5, 5.41) is 0. The molecule has 0 bridgehead atoms. The van der Waals surface area contributed by atoms with E-state index in [2.05, 4.69) is 51.7 Å². The zero-order valence-electron chi connectivity index (χ0n) is 9.45. The highest BCUT2D eigenvalue weighted by atomic mass is 15.1. The first-order chi connectivity index (χ1) is 5.95. The van der Waals surface area contributed by atoms with E-state index in [1.165, 1.54) is 28.2 Å². The SMILES string of the molecule is Cc1[nH+]c(C)c(C)c(N(C)C)c1C. The Labute approximate surface area is 80.6 Å². The minimum Gasteiger partial charge on any atom is -0.377 e. The van der Waals surface area contributed by atoms with Gasteiger partial charge in [0.1, 0.15) is 0 Å². The maximum absolute atomic E-state index is 3.38. The lowest BCUT2D eigenvalue weighted by Crippen LogP contribution is -2.21. The fourth-order valence-electron chi connectivity index (χ4n) is 1.78. The van der Waals surface area contributed by atoms with Gasteiger partial charge in [-0.1, -0.05) is 0 Å². The van der Waals surface area contributed by atoms with Crippen LogP contribution in [0.3, 0.4) is 0 Å². The second-order valence-electron chi connectivity index (χ2n) is 3.87. The zero-order chi connectivity index (χ0) is 10.2. The Kier molecular flexibility index (Phi) is 2.60. The van der Waals surface area contributed by atoms with Crippen molar-refractivity contribution in [3.8, 4) is 0 Å². The van der Waals surface area contributed by atoms with E-state index in [-0.39, 0.29) is 0 Å². The quantitative estimate of drug-likeness (QED) is 0.642. The van der Waals surface area contributed by atoms with Gasteiger partial charge in [-0.25, -0.2) is 4.98 Å². The Morgan fingerprint density at radius 3 is 1.54 bits per heavy atom. The number of hydrogen-bond acceptors (Lipinski definition) is 1. The molecule has 1 aromatic rings. The molecule has 0 saturated heterocycles. The van der Waals surface area contributed by atoms with Gasteiger partial charge in [0, 0.05) is 39.1 Å². The van der Waals surface area contributed by atoms with Crippen LogP contribution in [-0.4, -0.2) is 14.1 Å². The molecule has 1 aromatic heterocycles. The third kappa shape index (κ3) is 1.67. The lowest BCUT2D eigenvalue weighted by Gasteiger charge is -2.18. The molecule has 0 unspecified atom stereocenters. The molecule has 1 heterocycles. The van der Waals surface area contributed by atoms with Crippen molar-refractivity contribution in [1.29, 1.82) is 0 Å². The average molecular weight is 179 g/mol. The van der Waals surface area contributed by atoms with Crippen molar-refractivity contribution >= 4 is 5.69 Å². The smallest absolute Gasteiger partial charge is 0.181 e. The Hall–Kier alpha value is -1.05. The van der Waals surface area contributed by atoms with E-state index in [0.29, 0.717) is 0 Å². The largest absolute Gasteiger partial charge is 0.377 e. The standard InChI is InChI=1S/C11H18N2/c1-7-9(3)12-10(4)8(2)11(7)13(5)6/h1-6H3/p+1. The van der Waals surface area contributed by atoms with Crippen LogP contribution in [0.25, 0.3) is 0 Å². The number of pyridine rings is 1. The van der Waals surface area contributed by atoms with E-state index in [1.54, 1.807) is 0 Å². The lowest BCUT2D eigenvalue weighted by molar-refractivity contribution is -0.397. The van der Waals surface area contributed by atoms with Crippen molar-refractivity contribution in [3.05, 3.63) is 22.5 Å². The van der Waals surface area contributed by atoms with Crippen LogP contribution in [0.5, 0.6) is 0 Å². The van der Waals surface area contributed by atoms with Gasteiger partial charge in [-0.05, 0) is 13.8 Å². The highest BCUT2D eigenvalue weighted by molar-refractivity contribution is 5.58. The van der Waals surface area contributed by atoms with E-state index >= 15 is 0 Å². The Morgan fingerprint density at radius 1 is 0.846 bits per heavy atom. The number of H-pyrrole nitrogens is 1. The van der Waals surface area contributed by atoms with Crippen LogP contribution in [0, 0.1) is 27.7 Å². The number of anilines is 1. The molecule has 0 aliphatic heterocycles. The molecule has 0 fully saturated rings. The minimum atomic E-state index is 1.26. The molecule has 0 aromatic carbocycles. The number of aryl methyl sites for hydroxylation is 2. The molecular weight excluding hydrogens is 160 g/mol. The second kappa shape index (κ2) is 3.36. The van der Waals surface area contributed by atoms with Gasteiger partial charge < -0.3 is 4.90 Å². The number of nitrogens with one attached hydrogen (secondary N) is 1. The second-order valence-corrected chi connectivity index (χ2v) is 3.87. The molecule has 0 radical (unpaired) electrons. The van der Waals surface area contributed by atoms with Gasteiger partial charge in [-0.3, -0.25) is 0 Å². The summed E-state index contributed by atoms with van der Waals surface area (Å²) in [4.78, 5) is 5.55. The highest BCUT2D eigenvalue weighted by Crippen LogP contribution is 2.24. The van der Waals surface area contributed by atoms with Crippen molar-refractivity contribution < 1.29 is 4.98 Å². The monoisotopic (exact) mass is 179 g/mol. The molecule has 0 atom stereocenters. The molecule has 13 heavy (non-hydrogen) atoms. The first kappa shape index (κ1) is 10.0. The van der Waals surface area contributed by atoms with Gasteiger partial charge in [0.2, 0.25) is 0 Å². The molecule has 2 nitrogen and oxygen atoms in total. The van der Waals surface area contributed by atoms with E-state index in [0.717, 1.165) is 0 Å². The van der Waals surface area contributed by atoms with Crippen molar-refractivity contribution in [1.82, 2.24) is 0 Å². The maximum atomic E-state index is 3.38. The van der Waals surface area contributed by atoms with E-state index in [9.17, 15) is 0 Å². The predicted molar refractivity (Wildman–Crippen MR) is 56.3 cm³/mol. The third-order valence-electron chi connectivity index (χ3n) is 2.66. The molecule has 0 spiro atoms. The number of rotatable bonds is 1. The fourth-order valence-corrected chi connectivity index (χ4v) is 1.78. The van der Waals surface area contributed by atoms with Gasteiger partial charge >= 0.3 is 0 Å². The summed E-state index contributed by atoms with van der Waals surface area (Å²) in [6.45, 7) is 8.56. The fraction of sp³-hybridized carbons (Fsp3) is 0.545. The van der Waals surface area contributed by atoms with E-state index in [4.69, 9.17) is 0 Å². The summed E-state index contributed by atoms with van der Waals surface area (Å²) in [6.07, 6.45) is 0. The third-order valence-corrected chi connectivity index (χ3v) is 2.66. The van der Waals surface area contributed by atoms with Crippen LogP contribution < -0.4 is 9.88 Å². The molecule has 2 heteroatoms. The number of hydrogen-bond donors (Lipinski definition) is 0. The van der Waals surface area contributed by atoms with Crippen LogP contribution >= 0.6 is 0 Å². The molecule has 1 N–H and O–H groups in total. The van der Waals surface area contributed by atoms with Crippen LogP contribution in [-0.2, 0) is 0 Å². The lowest BCUT2D eigenvalue weighted by atomic mass is 10.1. The Bertz CT molecular complexity index is 301. The normalized spacial score (nSPS) is 10.3. The molecular formula is C11H19N2+. The van der Waals surface area contributed by atoms with E-state index < -0.39 is 0 Å². The molecule has 72 valence electrons. The Balaban J connectivity index is 3.46. The maximum Gasteiger partial charge on any atom is 0.181 e. The highest BCUT2D eigenvalue weighted by Gasteiger charge is 2.15. The summed E-state index contributed by atoms with van der Waals surface area (Å²) in [7, 11) is 4.18. The predicted octanol–water partition coefficient (Wildman–Crippen LogP) is 1.80. The Morgan fingerprint density at radius 2 is 1.23 bits per heavy atom. The van der Waals surface area contributed by atoms with Crippen LogP contribution in [0.2, 0.25) is 0 Å². The number of aromatic amines is 1. The summed E-state index contributed by atoms with van der Waals surface area (Å²) in [6, 6.07) is 0. The van der Waals surface area contributed by atoms with Crippen LogP contribution in [0.15, 0.2) is 0 Å². The molecule has 0 saturated carbocycles.